The van der Waals surface area contributed by atoms with Crippen molar-refractivity contribution in [2.24, 2.45) is 0 Å². The van der Waals surface area contributed by atoms with Gasteiger partial charge in [-0.1, -0.05) is 86.1 Å². The SMILES string of the molecule is CC(C)c1ccccc1OCC(=O)N(Cc1ccc(Cl)cc1)[C@@H](Cc1ccccc1)C(=O)NC(C)(C)C. The van der Waals surface area contributed by atoms with Crippen LogP contribution in [0.2, 0.25) is 5.02 Å². The number of carbonyl (C=O) groups excluding carboxylic acids is 2. The molecule has 0 radical (unpaired) electrons. The van der Waals surface area contributed by atoms with Gasteiger partial charge in [-0.3, -0.25) is 9.59 Å². The fourth-order valence-electron chi connectivity index (χ4n) is 4.10. The molecule has 6 heteroatoms. The van der Waals surface area contributed by atoms with E-state index in [0.29, 0.717) is 17.2 Å². The molecule has 1 N–H and O–H groups in total. The van der Waals surface area contributed by atoms with E-state index in [2.05, 4.69) is 19.2 Å². The van der Waals surface area contributed by atoms with Crippen molar-refractivity contribution in [3.8, 4) is 5.75 Å². The van der Waals surface area contributed by atoms with Crippen LogP contribution >= 0.6 is 11.6 Å². The minimum atomic E-state index is -0.728. The second-order valence-corrected chi connectivity index (χ2v) is 11.0. The highest BCUT2D eigenvalue weighted by atomic mass is 35.5. The summed E-state index contributed by atoms with van der Waals surface area (Å²) in [5.41, 5.74) is 2.43. The largest absolute Gasteiger partial charge is 0.483 e. The van der Waals surface area contributed by atoms with Gasteiger partial charge in [-0.05, 0) is 61.6 Å². The van der Waals surface area contributed by atoms with Crippen molar-refractivity contribution in [3.63, 3.8) is 0 Å². The van der Waals surface area contributed by atoms with Crippen molar-refractivity contribution in [2.75, 3.05) is 6.61 Å². The smallest absolute Gasteiger partial charge is 0.261 e. The van der Waals surface area contributed by atoms with Crippen LogP contribution in [0.15, 0.2) is 78.9 Å². The van der Waals surface area contributed by atoms with E-state index < -0.39 is 11.6 Å². The number of halogens is 1. The lowest BCUT2D eigenvalue weighted by atomic mass is 10.0. The molecule has 0 spiro atoms. The fourth-order valence-corrected chi connectivity index (χ4v) is 4.23. The second-order valence-electron chi connectivity index (χ2n) is 10.6. The first-order chi connectivity index (χ1) is 17.5. The molecule has 0 fully saturated rings. The standard InChI is InChI=1S/C31H37ClN2O3/c1-22(2)26-13-9-10-14-28(26)37-21-29(35)34(20-24-15-17-25(32)18-16-24)27(30(36)33-31(3,4)5)19-23-11-7-6-8-12-23/h6-18,22,27H,19-21H2,1-5H3,(H,33,36)/t27-/m0/s1. The fraction of sp³-hybridized carbons (Fsp3) is 0.355. The Balaban J connectivity index is 1.94. The molecule has 0 aliphatic carbocycles. The Morgan fingerprint density at radius 2 is 1.51 bits per heavy atom. The Morgan fingerprint density at radius 1 is 0.892 bits per heavy atom. The molecule has 0 bridgehead atoms. The van der Waals surface area contributed by atoms with Crippen molar-refractivity contribution < 1.29 is 14.3 Å². The molecule has 0 saturated carbocycles. The molecule has 2 amide bonds. The summed E-state index contributed by atoms with van der Waals surface area (Å²) < 4.78 is 6.04. The summed E-state index contributed by atoms with van der Waals surface area (Å²) >= 11 is 6.10. The molecule has 0 aliphatic heterocycles. The third kappa shape index (κ3) is 8.64. The molecule has 0 aromatic heterocycles. The summed E-state index contributed by atoms with van der Waals surface area (Å²) in [6.07, 6.45) is 0.380. The zero-order chi connectivity index (χ0) is 27.0. The van der Waals surface area contributed by atoms with Gasteiger partial charge in [-0.15, -0.1) is 0 Å². The Labute approximate surface area is 225 Å². The van der Waals surface area contributed by atoms with E-state index in [9.17, 15) is 9.59 Å². The highest BCUT2D eigenvalue weighted by Gasteiger charge is 2.32. The van der Waals surface area contributed by atoms with E-state index in [1.54, 1.807) is 17.0 Å². The van der Waals surface area contributed by atoms with Gasteiger partial charge in [0, 0.05) is 23.5 Å². The molecule has 0 unspecified atom stereocenters. The first kappa shape index (κ1) is 28.3. The first-order valence-corrected chi connectivity index (χ1v) is 13.0. The van der Waals surface area contributed by atoms with Crippen LogP contribution in [-0.4, -0.2) is 34.9 Å². The van der Waals surface area contributed by atoms with E-state index in [-0.39, 0.29) is 30.9 Å². The van der Waals surface area contributed by atoms with Gasteiger partial charge in [0.2, 0.25) is 5.91 Å². The summed E-state index contributed by atoms with van der Waals surface area (Å²) in [6, 6.07) is 24.1. The third-order valence-electron chi connectivity index (χ3n) is 5.93. The summed E-state index contributed by atoms with van der Waals surface area (Å²) in [6.45, 7) is 10.0. The third-order valence-corrected chi connectivity index (χ3v) is 6.18. The quantitative estimate of drug-likeness (QED) is 0.336. The Kier molecular flexibility index (Phi) is 9.76. The van der Waals surface area contributed by atoms with Crippen molar-refractivity contribution in [2.45, 2.75) is 65.1 Å². The monoisotopic (exact) mass is 520 g/mol. The minimum absolute atomic E-state index is 0.175. The highest BCUT2D eigenvalue weighted by molar-refractivity contribution is 6.30. The van der Waals surface area contributed by atoms with Gasteiger partial charge in [0.25, 0.3) is 5.91 Å². The maximum absolute atomic E-state index is 13.8. The zero-order valence-corrected chi connectivity index (χ0v) is 23.1. The molecular formula is C31H37ClN2O3. The lowest BCUT2D eigenvalue weighted by Gasteiger charge is -2.34. The maximum Gasteiger partial charge on any atom is 0.261 e. The van der Waals surface area contributed by atoms with Crippen LogP contribution < -0.4 is 10.1 Å². The van der Waals surface area contributed by atoms with Crippen LogP contribution in [-0.2, 0) is 22.6 Å². The van der Waals surface area contributed by atoms with E-state index in [4.69, 9.17) is 16.3 Å². The number of hydrogen-bond donors (Lipinski definition) is 1. The lowest BCUT2D eigenvalue weighted by Crippen LogP contribution is -2.55. The summed E-state index contributed by atoms with van der Waals surface area (Å²) in [4.78, 5) is 29.0. The minimum Gasteiger partial charge on any atom is -0.483 e. The topological polar surface area (TPSA) is 58.6 Å². The Morgan fingerprint density at radius 3 is 2.14 bits per heavy atom. The molecule has 5 nitrogen and oxygen atoms in total. The molecule has 196 valence electrons. The highest BCUT2D eigenvalue weighted by Crippen LogP contribution is 2.26. The predicted octanol–water partition coefficient (Wildman–Crippen LogP) is 6.40. The number of nitrogens with one attached hydrogen (secondary N) is 1. The summed E-state index contributed by atoms with van der Waals surface area (Å²) in [7, 11) is 0. The van der Waals surface area contributed by atoms with Gasteiger partial charge in [0.1, 0.15) is 11.8 Å². The van der Waals surface area contributed by atoms with E-state index in [0.717, 1.165) is 16.7 Å². The van der Waals surface area contributed by atoms with Gasteiger partial charge in [0.05, 0.1) is 0 Å². The van der Waals surface area contributed by atoms with Crippen LogP contribution in [0.4, 0.5) is 0 Å². The normalized spacial score (nSPS) is 12.2. The lowest BCUT2D eigenvalue weighted by molar-refractivity contribution is -0.143. The van der Waals surface area contributed by atoms with Gasteiger partial charge in [-0.2, -0.15) is 0 Å². The van der Waals surface area contributed by atoms with Crippen LogP contribution in [0.1, 0.15) is 57.2 Å². The molecule has 0 saturated heterocycles. The number of benzene rings is 3. The van der Waals surface area contributed by atoms with Crippen molar-refractivity contribution >= 4 is 23.4 Å². The van der Waals surface area contributed by atoms with Crippen LogP contribution in [0.5, 0.6) is 5.75 Å². The van der Waals surface area contributed by atoms with Crippen LogP contribution in [0.25, 0.3) is 0 Å². The van der Waals surface area contributed by atoms with Gasteiger partial charge >= 0.3 is 0 Å². The number of nitrogens with zero attached hydrogens (tertiary/aromatic N) is 1. The second kappa shape index (κ2) is 12.8. The molecule has 3 aromatic carbocycles. The van der Waals surface area contributed by atoms with E-state index >= 15 is 0 Å². The average molecular weight is 521 g/mol. The van der Waals surface area contributed by atoms with Gasteiger partial charge < -0.3 is 15.0 Å². The average Bonchev–Trinajstić information content (AvgIpc) is 2.85. The van der Waals surface area contributed by atoms with Crippen molar-refractivity contribution in [3.05, 3.63) is 101 Å². The number of amides is 2. The summed E-state index contributed by atoms with van der Waals surface area (Å²) in [5.74, 6) is 0.454. The van der Waals surface area contributed by atoms with E-state index in [1.807, 2.05) is 87.5 Å². The molecule has 3 rings (SSSR count). The van der Waals surface area contributed by atoms with Gasteiger partial charge in [0.15, 0.2) is 6.61 Å². The molecule has 1 atom stereocenters. The van der Waals surface area contributed by atoms with Crippen LogP contribution in [0.3, 0.4) is 0 Å². The predicted molar refractivity (Wildman–Crippen MR) is 150 cm³/mol. The van der Waals surface area contributed by atoms with E-state index in [1.165, 1.54) is 0 Å². The molecule has 0 heterocycles. The van der Waals surface area contributed by atoms with Crippen LogP contribution in [0, 0.1) is 0 Å². The number of hydrogen-bond acceptors (Lipinski definition) is 3. The number of carbonyl (C=O) groups is 2. The Hall–Kier alpha value is -3.31. The number of para-hydroxylation sites is 1. The molecule has 37 heavy (non-hydrogen) atoms. The first-order valence-electron chi connectivity index (χ1n) is 12.6. The summed E-state index contributed by atoms with van der Waals surface area (Å²) in [5, 5.41) is 3.69. The number of ether oxygens (including phenoxy) is 1. The Bertz CT molecular complexity index is 1170. The van der Waals surface area contributed by atoms with Crippen molar-refractivity contribution in [1.82, 2.24) is 10.2 Å². The molecular weight excluding hydrogens is 484 g/mol. The number of rotatable bonds is 10. The maximum atomic E-state index is 13.8. The van der Waals surface area contributed by atoms with Gasteiger partial charge in [-0.25, -0.2) is 0 Å². The van der Waals surface area contributed by atoms with Crippen molar-refractivity contribution in [1.29, 1.82) is 0 Å². The molecule has 0 aliphatic rings. The zero-order valence-electron chi connectivity index (χ0n) is 22.3. The molecule has 3 aromatic rings.